The van der Waals surface area contributed by atoms with Crippen molar-refractivity contribution in [2.45, 2.75) is 32.0 Å². The number of fused-ring (bicyclic) bond motifs is 1. The molecule has 4 heterocycles. The number of hydrogen-bond acceptors (Lipinski definition) is 6. The van der Waals surface area contributed by atoms with E-state index < -0.39 is 5.56 Å². The average Bonchev–Trinajstić information content (AvgIpc) is 3.34. The van der Waals surface area contributed by atoms with E-state index in [4.69, 9.17) is 6.57 Å². The molecule has 1 saturated heterocycles. The molecule has 0 radical (unpaired) electrons. The third kappa shape index (κ3) is 4.09. The number of aryl methyl sites for hydroxylation is 2. The van der Waals surface area contributed by atoms with Gasteiger partial charge in [0, 0.05) is 39.3 Å². The number of anilines is 1. The minimum atomic E-state index is -0.395. The summed E-state index contributed by atoms with van der Waals surface area (Å²) in [6.45, 7) is 12.7. The van der Waals surface area contributed by atoms with Crippen LogP contribution in [0.1, 0.15) is 36.7 Å². The molecule has 1 aliphatic heterocycles. The van der Waals surface area contributed by atoms with Gasteiger partial charge in [-0.2, -0.15) is 5.26 Å². The fraction of sp³-hybridized carbons (Fsp3) is 0.321. The molecule has 0 N–H and O–H groups in total. The lowest BCUT2D eigenvalue weighted by Gasteiger charge is -2.48. The van der Waals surface area contributed by atoms with Crippen molar-refractivity contribution >= 4 is 22.5 Å². The Kier molecular flexibility index (Phi) is 6.43. The highest BCUT2D eigenvalue weighted by Gasteiger charge is 2.38. The third-order valence-corrected chi connectivity index (χ3v) is 7.40. The molecule has 1 aromatic carbocycles. The Bertz CT molecular complexity index is 1660. The molecule has 4 aromatic rings. The van der Waals surface area contributed by atoms with Gasteiger partial charge in [-0.15, -0.1) is 4.98 Å². The highest BCUT2D eigenvalue weighted by molar-refractivity contribution is 5.93. The van der Waals surface area contributed by atoms with E-state index in [1.807, 2.05) is 24.7 Å². The van der Waals surface area contributed by atoms with Gasteiger partial charge in [0.1, 0.15) is 23.1 Å². The number of halogens is 1. The first-order valence-electron chi connectivity index (χ1n) is 12.3. The smallest absolute Gasteiger partial charge is 0.271 e. The summed E-state index contributed by atoms with van der Waals surface area (Å²) >= 11 is 0. The summed E-state index contributed by atoms with van der Waals surface area (Å²) in [4.78, 5) is 29.9. The summed E-state index contributed by atoms with van der Waals surface area (Å²) in [5.74, 6) is -0.0928. The van der Waals surface area contributed by atoms with Crippen molar-refractivity contribution in [2.24, 2.45) is 14.1 Å². The topological polar surface area (TPSA) is 87.3 Å². The second-order valence-corrected chi connectivity index (χ2v) is 9.78. The fourth-order valence-corrected chi connectivity index (χ4v) is 5.46. The maximum absolute atomic E-state index is 13.8. The molecule has 0 aliphatic carbocycles. The van der Waals surface area contributed by atoms with Gasteiger partial charge in [-0.25, -0.2) is 9.37 Å². The van der Waals surface area contributed by atoms with Gasteiger partial charge in [-0.05, 0) is 43.7 Å². The Labute approximate surface area is 219 Å². The van der Waals surface area contributed by atoms with E-state index in [-0.39, 0.29) is 35.3 Å². The summed E-state index contributed by atoms with van der Waals surface area (Å²) in [7, 11) is 3.55. The molecule has 9 nitrogen and oxygen atoms in total. The molecule has 38 heavy (non-hydrogen) atoms. The quantitative estimate of drug-likeness (QED) is 0.387. The summed E-state index contributed by atoms with van der Waals surface area (Å²) in [5, 5.41) is 10.0. The number of rotatable bonds is 4. The van der Waals surface area contributed by atoms with E-state index in [0.717, 1.165) is 11.3 Å². The van der Waals surface area contributed by atoms with Crippen LogP contribution in [-0.4, -0.2) is 49.2 Å². The lowest BCUT2D eigenvalue weighted by molar-refractivity contribution is 0.126. The number of piperazine rings is 1. The van der Waals surface area contributed by atoms with E-state index >= 15 is 0 Å². The number of aromatic nitrogens is 4. The molecule has 0 saturated carbocycles. The number of pyridine rings is 2. The van der Waals surface area contributed by atoms with E-state index in [0.29, 0.717) is 29.8 Å². The van der Waals surface area contributed by atoms with Gasteiger partial charge in [0.2, 0.25) is 5.52 Å². The van der Waals surface area contributed by atoms with Crippen molar-refractivity contribution in [3.8, 4) is 6.07 Å². The van der Waals surface area contributed by atoms with E-state index in [9.17, 15) is 14.4 Å². The Hall–Kier alpha value is -4.54. The van der Waals surface area contributed by atoms with Crippen molar-refractivity contribution in [1.29, 1.82) is 5.26 Å². The van der Waals surface area contributed by atoms with Crippen LogP contribution in [-0.2, 0) is 14.1 Å². The Morgan fingerprint density at radius 2 is 1.87 bits per heavy atom. The van der Waals surface area contributed by atoms with Gasteiger partial charge < -0.3 is 18.9 Å². The second kappa shape index (κ2) is 9.73. The highest BCUT2D eigenvalue weighted by atomic mass is 19.1. The molecule has 0 bridgehead atoms. The molecule has 1 unspecified atom stereocenters. The van der Waals surface area contributed by atoms with Crippen LogP contribution < -0.4 is 10.5 Å². The third-order valence-electron chi connectivity index (χ3n) is 7.40. The van der Waals surface area contributed by atoms with Crippen LogP contribution >= 0.6 is 0 Å². The molecule has 3 aromatic heterocycles. The number of nitriles is 1. The van der Waals surface area contributed by atoms with E-state index in [2.05, 4.69) is 37.6 Å². The first kappa shape index (κ1) is 25.1. The Morgan fingerprint density at radius 1 is 1.13 bits per heavy atom. The predicted octanol–water partition coefficient (Wildman–Crippen LogP) is 3.92. The van der Waals surface area contributed by atoms with Crippen LogP contribution in [0.3, 0.4) is 0 Å². The summed E-state index contributed by atoms with van der Waals surface area (Å²) in [6.07, 6.45) is 3.58. The van der Waals surface area contributed by atoms with E-state index in [1.54, 1.807) is 37.6 Å². The Morgan fingerprint density at radius 3 is 2.50 bits per heavy atom. The standard InChI is InChI=1S/C28H27FN8O/c1-17-15-37(27-21(12-30)28(38)35(5)22-10-11-24(31-3)33-25(22)27)18(2)14-36(17)26(23-13-32-16-34(23)4)19-6-8-20(29)9-7-19/h6-11,13,16-18,26H,14-15H2,1-2,4-5H3/t17-,18+,26?/m1/s1. The first-order valence-corrected chi connectivity index (χ1v) is 12.3. The van der Waals surface area contributed by atoms with Crippen molar-refractivity contribution < 1.29 is 4.39 Å². The summed E-state index contributed by atoms with van der Waals surface area (Å²) < 4.78 is 17.2. The minimum Gasteiger partial charge on any atom is -0.361 e. The zero-order valence-electron chi connectivity index (χ0n) is 21.6. The SMILES string of the molecule is [C-]#[N+]c1ccc2c(n1)c(N1C[C@@H](C)N(C(c3ccc(F)cc3)c3cncn3C)C[C@@H]1C)c(C#N)c(=O)n2C. The van der Waals surface area contributed by atoms with Gasteiger partial charge >= 0.3 is 0 Å². The lowest BCUT2D eigenvalue weighted by atomic mass is 9.96. The van der Waals surface area contributed by atoms with Crippen LogP contribution in [0.2, 0.25) is 0 Å². The number of hydrogen-bond donors (Lipinski definition) is 0. The Balaban J connectivity index is 1.61. The van der Waals surface area contributed by atoms with Crippen LogP contribution in [0, 0.1) is 23.7 Å². The zero-order chi connectivity index (χ0) is 27.1. The lowest BCUT2D eigenvalue weighted by Crippen LogP contribution is -2.58. The van der Waals surface area contributed by atoms with Crippen LogP contribution in [0.25, 0.3) is 15.9 Å². The van der Waals surface area contributed by atoms with Gasteiger partial charge in [-0.1, -0.05) is 18.7 Å². The maximum Gasteiger partial charge on any atom is 0.271 e. The molecule has 1 fully saturated rings. The van der Waals surface area contributed by atoms with Gasteiger partial charge in [-0.3, -0.25) is 9.69 Å². The average molecular weight is 511 g/mol. The fourth-order valence-electron chi connectivity index (χ4n) is 5.46. The van der Waals surface area contributed by atoms with Crippen LogP contribution in [0.15, 0.2) is 53.7 Å². The first-order chi connectivity index (χ1) is 18.2. The molecule has 192 valence electrons. The van der Waals surface area contributed by atoms with Gasteiger partial charge in [0.05, 0.1) is 29.8 Å². The minimum absolute atomic E-state index is 0.0175. The molecule has 1 aliphatic rings. The monoisotopic (exact) mass is 510 g/mol. The van der Waals surface area contributed by atoms with Crippen LogP contribution in [0.5, 0.6) is 0 Å². The molecule has 5 rings (SSSR count). The van der Waals surface area contributed by atoms with Gasteiger partial charge in [0.25, 0.3) is 11.4 Å². The zero-order valence-corrected chi connectivity index (χ0v) is 21.6. The summed E-state index contributed by atoms with van der Waals surface area (Å²) in [6, 6.07) is 11.6. The molecule has 3 atom stereocenters. The van der Waals surface area contributed by atoms with Crippen molar-refractivity contribution in [1.82, 2.24) is 24.0 Å². The maximum atomic E-state index is 13.8. The highest BCUT2D eigenvalue weighted by Crippen LogP contribution is 2.37. The van der Waals surface area contributed by atoms with Crippen molar-refractivity contribution in [3.05, 3.63) is 93.3 Å². The molecule has 0 spiro atoms. The van der Waals surface area contributed by atoms with Crippen molar-refractivity contribution in [2.75, 3.05) is 18.0 Å². The van der Waals surface area contributed by atoms with Crippen molar-refractivity contribution in [3.63, 3.8) is 0 Å². The molecular weight excluding hydrogens is 483 g/mol. The molecule has 10 heteroatoms. The molecular formula is C28H27FN8O. The number of benzene rings is 1. The predicted molar refractivity (Wildman–Crippen MR) is 142 cm³/mol. The van der Waals surface area contributed by atoms with E-state index in [1.165, 1.54) is 16.7 Å². The number of imidazole rings is 1. The number of nitrogens with zero attached hydrogens (tertiary/aromatic N) is 8. The normalized spacial score (nSPS) is 18.8. The molecule has 0 amide bonds. The van der Waals surface area contributed by atoms with Crippen LogP contribution in [0.4, 0.5) is 15.9 Å². The second-order valence-electron chi connectivity index (χ2n) is 9.78. The summed E-state index contributed by atoms with van der Waals surface area (Å²) in [5.41, 5.74) is 3.04. The van der Waals surface area contributed by atoms with Gasteiger partial charge in [0.15, 0.2) is 0 Å². The largest absolute Gasteiger partial charge is 0.361 e.